The summed E-state index contributed by atoms with van der Waals surface area (Å²) < 4.78 is 77.0. The molecule has 2 saturated heterocycles. The first-order valence-electron chi connectivity index (χ1n) is 10.2. The molecule has 0 radical (unpaired) electrons. The van der Waals surface area contributed by atoms with Gasteiger partial charge in [0.25, 0.3) is 10.0 Å². The molecule has 1 aromatic carbocycles. The maximum atomic E-state index is 13.1. The number of hydrogen-bond donors (Lipinski definition) is 1. The fourth-order valence-electron chi connectivity index (χ4n) is 4.22. The van der Waals surface area contributed by atoms with Crippen molar-refractivity contribution in [3.05, 3.63) is 36.8 Å². The summed E-state index contributed by atoms with van der Waals surface area (Å²) in [6, 6.07) is 6.02. The number of imidazole rings is 1. The number of sulfonamides is 1. The van der Waals surface area contributed by atoms with E-state index in [1.54, 1.807) is 23.7 Å². The number of benzene rings is 1. The summed E-state index contributed by atoms with van der Waals surface area (Å²) in [5.74, 6) is 0.251. The summed E-state index contributed by atoms with van der Waals surface area (Å²) in [5, 5.41) is 3.31. The number of hydrogen-bond acceptors (Lipinski definition) is 6. The van der Waals surface area contributed by atoms with E-state index in [9.17, 15) is 21.6 Å². The third kappa shape index (κ3) is 5.18. The highest BCUT2D eigenvalue weighted by atomic mass is 32.2. The Hall–Kier alpha value is -2.31. The third-order valence-electron chi connectivity index (χ3n) is 5.78. The topological polar surface area (TPSA) is 85.7 Å². The predicted octanol–water partition coefficient (Wildman–Crippen LogP) is 2.50. The van der Waals surface area contributed by atoms with Gasteiger partial charge in [-0.25, -0.2) is 13.4 Å². The lowest BCUT2D eigenvalue weighted by molar-refractivity contribution is -0.153. The smallest absolute Gasteiger partial charge is 0.422 e. The van der Waals surface area contributed by atoms with E-state index in [2.05, 4.69) is 10.3 Å². The molecule has 0 spiro atoms. The van der Waals surface area contributed by atoms with Crippen molar-refractivity contribution in [1.82, 2.24) is 13.9 Å². The van der Waals surface area contributed by atoms with E-state index in [1.807, 2.05) is 0 Å². The third-order valence-corrected chi connectivity index (χ3v) is 7.49. The zero-order valence-electron chi connectivity index (χ0n) is 17.5. The van der Waals surface area contributed by atoms with E-state index < -0.39 is 22.8 Å². The molecule has 3 atom stereocenters. The molecule has 3 unspecified atom stereocenters. The van der Waals surface area contributed by atoms with E-state index in [4.69, 9.17) is 9.47 Å². The lowest BCUT2D eigenvalue weighted by Gasteiger charge is -2.25. The quantitative estimate of drug-likeness (QED) is 0.664. The van der Waals surface area contributed by atoms with Crippen LogP contribution in [0.3, 0.4) is 0 Å². The van der Waals surface area contributed by atoms with Crippen molar-refractivity contribution in [1.29, 1.82) is 0 Å². The Balaban J connectivity index is 1.52. The van der Waals surface area contributed by atoms with Crippen LogP contribution in [0.4, 0.5) is 18.9 Å². The van der Waals surface area contributed by atoms with Crippen molar-refractivity contribution in [3.8, 4) is 5.75 Å². The molecule has 32 heavy (non-hydrogen) atoms. The van der Waals surface area contributed by atoms with Gasteiger partial charge >= 0.3 is 6.18 Å². The molecule has 1 N–H and O–H groups in total. The minimum atomic E-state index is -4.43. The first kappa shape index (κ1) is 22.9. The van der Waals surface area contributed by atoms with Gasteiger partial charge in [0.2, 0.25) is 0 Å². The Morgan fingerprint density at radius 1 is 1.31 bits per heavy atom. The first-order valence-corrected chi connectivity index (χ1v) is 11.7. The molecule has 12 heteroatoms. The highest BCUT2D eigenvalue weighted by molar-refractivity contribution is 7.89. The van der Waals surface area contributed by atoms with Gasteiger partial charge in [0.05, 0.1) is 6.33 Å². The van der Waals surface area contributed by atoms with Gasteiger partial charge in [0.15, 0.2) is 11.6 Å². The predicted molar refractivity (Wildman–Crippen MR) is 110 cm³/mol. The van der Waals surface area contributed by atoms with Crippen LogP contribution >= 0.6 is 0 Å². The van der Waals surface area contributed by atoms with Gasteiger partial charge in [0, 0.05) is 57.3 Å². The van der Waals surface area contributed by atoms with Crippen molar-refractivity contribution >= 4 is 15.7 Å². The Kier molecular flexibility index (Phi) is 6.37. The van der Waals surface area contributed by atoms with Gasteiger partial charge in [-0.05, 0) is 30.4 Å². The summed E-state index contributed by atoms with van der Waals surface area (Å²) in [5.41, 5.74) is 0.565. The Labute approximate surface area is 184 Å². The average molecular weight is 475 g/mol. The molecule has 2 aliphatic heterocycles. The maximum Gasteiger partial charge on any atom is 0.422 e. The van der Waals surface area contributed by atoms with E-state index in [1.165, 1.54) is 29.0 Å². The van der Waals surface area contributed by atoms with E-state index in [0.717, 1.165) is 6.42 Å². The number of nitrogens with one attached hydrogen (secondary N) is 1. The van der Waals surface area contributed by atoms with Crippen LogP contribution in [-0.4, -0.2) is 67.4 Å². The SMILES string of the molecule is Cn1cnc(S(=O)(=O)N2CC(Nc3cccc(OCC(F)(F)F)c3)C(C3CCOC3)C2)c1. The van der Waals surface area contributed by atoms with Gasteiger partial charge in [-0.15, -0.1) is 0 Å². The molecule has 0 bridgehead atoms. The molecule has 4 rings (SSSR count). The van der Waals surface area contributed by atoms with Gasteiger partial charge in [-0.3, -0.25) is 0 Å². The van der Waals surface area contributed by atoms with Gasteiger partial charge in [0.1, 0.15) is 5.75 Å². The average Bonchev–Trinajstić information content (AvgIpc) is 3.47. The number of halogens is 3. The van der Waals surface area contributed by atoms with Crippen molar-refractivity contribution in [2.75, 3.05) is 38.2 Å². The van der Waals surface area contributed by atoms with Crippen LogP contribution in [0.15, 0.2) is 41.8 Å². The molecule has 0 aliphatic carbocycles. The normalized spacial score (nSPS) is 24.7. The van der Waals surface area contributed by atoms with Gasteiger partial charge in [-0.2, -0.15) is 17.5 Å². The Bertz CT molecular complexity index is 1040. The lowest BCUT2D eigenvalue weighted by Crippen LogP contribution is -2.33. The molecule has 176 valence electrons. The second-order valence-corrected chi connectivity index (χ2v) is 10.1. The molecular weight excluding hydrogens is 449 g/mol. The molecular formula is C20H25F3N4O4S. The highest BCUT2D eigenvalue weighted by Crippen LogP contribution is 2.35. The molecule has 1 aromatic heterocycles. The summed E-state index contributed by atoms with van der Waals surface area (Å²) in [4.78, 5) is 4.00. The van der Waals surface area contributed by atoms with E-state index in [-0.39, 0.29) is 35.2 Å². The fourth-order valence-corrected chi connectivity index (χ4v) is 5.69. The first-order chi connectivity index (χ1) is 15.1. The largest absolute Gasteiger partial charge is 0.484 e. The fraction of sp³-hybridized carbons (Fsp3) is 0.550. The van der Waals surface area contributed by atoms with Crippen molar-refractivity contribution < 1.29 is 31.1 Å². The number of aromatic nitrogens is 2. The zero-order valence-corrected chi connectivity index (χ0v) is 18.3. The minimum Gasteiger partial charge on any atom is -0.484 e. The maximum absolute atomic E-state index is 13.1. The summed E-state index contributed by atoms with van der Waals surface area (Å²) in [7, 11) is -2.07. The summed E-state index contributed by atoms with van der Waals surface area (Å²) >= 11 is 0. The number of ether oxygens (including phenoxy) is 2. The van der Waals surface area contributed by atoms with Crippen molar-refractivity contribution in [3.63, 3.8) is 0 Å². The molecule has 0 amide bonds. The molecule has 2 fully saturated rings. The second kappa shape index (κ2) is 8.91. The van der Waals surface area contributed by atoms with E-state index >= 15 is 0 Å². The number of nitrogens with zero attached hydrogens (tertiary/aromatic N) is 3. The summed E-state index contributed by atoms with van der Waals surface area (Å²) in [6.07, 6.45) is -0.698. The molecule has 3 heterocycles. The highest BCUT2D eigenvalue weighted by Gasteiger charge is 2.44. The van der Waals surface area contributed by atoms with Crippen LogP contribution in [0.25, 0.3) is 0 Å². The number of anilines is 1. The van der Waals surface area contributed by atoms with Crippen LogP contribution in [-0.2, 0) is 21.8 Å². The van der Waals surface area contributed by atoms with Crippen LogP contribution in [0.2, 0.25) is 0 Å². The lowest BCUT2D eigenvalue weighted by atomic mass is 9.87. The molecule has 0 saturated carbocycles. The van der Waals surface area contributed by atoms with Gasteiger partial charge in [-0.1, -0.05) is 6.07 Å². The van der Waals surface area contributed by atoms with Crippen molar-refractivity contribution in [2.45, 2.75) is 23.7 Å². The zero-order chi connectivity index (χ0) is 22.9. The van der Waals surface area contributed by atoms with Crippen LogP contribution in [0, 0.1) is 11.8 Å². The van der Waals surface area contributed by atoms with Crippen LogP contribution in [0.1, 0.15) is 6.42 Å². The summed E-state index contributed by atoms with van der Waals surface area (Å²) in [6.45, 7) is 0.331. The minimum absolute atomic E-state index is 0.00961. The Morgan fingerprint density at radius 2 is 2.12 bits per heavy atom. The molecule has 8 nitrogen and oxygen atoms in total. The van der Waals surface area contributed by atoms with E-state index in [0.29, 0.717) is 25.4 Å². The van der Waals surface area contributed by atoms with Crippen LogP contribution < -0.4 is 10.1 Å². The van der Waals surface area contributed by atoms with Gasteiger partial charge < -0.3 is 19.4 Å². The van der Waals surface area contributed by atoms with Crippen LogP contribution in [0.5, 0.6) is 5.75 Å². The molecule has 2 aliphatic rings. The standard InChI is InChI=1S/C20H25F3N4O4S/c1-26-10-19(24-13-26)32(28,29)27-8-17(14-5-6-30-11-14)18(9-27)25-15-3-2-4-16(7-15)31-12-20(21,22)23/h2-4,7,10,13-14,17-18,25H,5-6,8-9,11-12H2,1H3. The second-order valence-electron chi connectivity index (χ2n) is 8.17. The monoisotopic (exact) mass is 474 g/mol. The number of rotatable bonds is 7. The Morgan fingerprint density at radius 3 is 2.78 bits per heavy atom. The number of aryl methyl sites for hydroxylation is 1. The van der Waals surface area contributed by atoms with Crippen molar-refractivity contribution in [2.24, 2.45) is 18.9 Å². The molecule has 2 aromatic rings. The number of alkyl halides is 3.